The molecule has 0 radical (unpaired) electrons. The maximum atomic E-state index is 13.1. The van der Waals surface area contributed by atoms with Crippen LogP contribution in [0.4, 0.5) is 5.69 Å². The fourth-order valence-electron chi connectivity index (χ4n) is 3.78. The van der Waals surface area contributed by atoms with Gasteiger partial charge in [-0.1, -0.05) is 26.8 Å². The van der Waals surface area contributed by atoms with E-state index in [1.807, 2.05) is 19.1 Å². The number of sulfonamides is 1. The summed E-state index contributed by atoms with van der Waals surface area (Å²) in [6, 6.07) is 8.34. The van der Waals surface area contributed by atoms with Gasteiger partial charge >= 0.3 is 0 Å². The molecular formula is C22H29N5O5S3. The van der Waals surface area contributed by atoms with Crippen molar-refractivity contribution in [3.05, 3.63) is 40.1 Å². The van der Waals surface area contributed by atoms with Crippen LogP contribution in [0.2, 0.25) is 0 Å². The highest BCUT2D eigenvalue weighted by Gasteiger charge is 2.33. The van der Waals surface area contributed by atoms with E-state index in [9.17, 15) is 17.7 Å². The number of hydrogen-bond acceptors (Lipinski definition) is 8. The molecule has 190 valence electrons. The number of nitrogens with zero attached hydrogens (tertiary/aromatic N) is 3. The third-order valence-corrected chi connectivity index (χ3v) is 9.27. The van der Waals surface area contributed by atoms with Crippen LogP contribution < -0.4 is 10.6 Å². The van der Waals surface area contributed by atoms with Gasteiger partial charge in [0.15, 0.2) is 17.4 Å². The lowest BCUT2D eigenvalue weighted by Gasteiger charge is -2.31. The van der Waals surface area contributed by atoms with E-state index in [-0.39, 0.29) is 46.8 Å². The van der Waals surface area contributed by atoms with Crippen molar-refractivity contribution in [3.63, 3.8) is 0 Å². The van der Waals surface area contributed by atoms with Gasteiger partial charge in [-0.2, -0.15) is 4.31 Å². The second-order valence-electron chi connectivity index (χ2n) is 9.30. The van der Waals surface area contributed by atoms with Crippen molar-refractivity contribution >= 4 is 49.9 Å². The zero-order valence-corrected chi connectivity index (χ0v) is 22.4. The summed E-state index contributed by atoms with van der Waals surface area (Å²) in [5.74, 6) is -0.0165. The van der Waals surface area contributed by atoms with Crippen molar-refractivity contribution < 1.29 is 22.5 Å². The van der Waals surface area contributed by atoms with Gasteiger partial charge in [-0.05, 0) is 36.6 Å². The highest BCUT2D eigenvalue weighted by Crippen LogP contribution is 2.37. The minimum absolute atomic E-state index is 0.116. The normalized spacial score (nSPS) is 20.3. The van der Waals surface area contributed by atoms with Crippen LogP contribution in [-0.2, 0) is 25.9 Å². The van der Waals surface area contributed by atoms with E-state index in [1.54, 1.807) is 11.3 Å². The molecule has 1 unspecified atom stereocenters. The number of ether oxygens (including phenoxy) is 1. The maximum Gasteiger partial charge on any atom is 0.269 e. The molecule has 1 saturated heterocycles. The zero-order valence-electron chi connectivity index (χ0n) is 19.9. The molecule has 4 rings (SSSR count). The Hall–Kier alpha value is -2.32. The summed E-state index contributed by atoms with van der Waals surface area (Å²) in [7, 11) is -3.93. The molecule has 13 heteroatoms. The second-order valence-corrected chi connectivity index (χ2v) is 13.3. The summed E-state index contributed by atoms with van der Waals surface area (Å²) < 4.78 is 53.1. The van der Waals surface area contributed by atoms with Crippen LogP contribution in [0, 0.1) is 12.3 Å². The Balaban J connectivity index is 1.60. The van der Waals surface area contributed by atoms with Crippen molar-refractivity contribution in [2.75, 3.05) is 31.6 Å². The number of para-hydroxylation sites is 1. The predicted octanol–water partition coefficient (Wildman–Crippen LogP) is 2.96. The standard InChI is InChI=1S/C22H29N5O5S3/c1-14-8-9-16(33-14)19(22(2,3)4)24-21-20(25-34(29)26-21)23-15-6-5-7-17(18(15)28)35(30,31)27-10-12-32-13-11-27/h5-9,19,28H,10-13H2,1-4H3,(H,23,25)(H,24,26)/t19-,34?/m0/s1. The average Bonchev–Trinajstić information content (AvgIpc) is 3.37. The lowest BCUT2D eigenvalue weighted by Crippen LogP contribution is -2.41. The molecule has 2 aliphatic heterocycles. The first-order valence-corrected chi connectivity index (χ1v) is 14.4. The van der Waals surface area contributed by atoms with Crippen LogP contribution in [0.5, 0.6) is 5.75 Å². The Bertz CT molecular complexity index is 1290. The number of phenolic OH excluding ortho intramolecular Hbond substituents is 1. The molecule has 0 bridgehead atoms. The molecule has 1 aromatic carbocycles. The monoisotopic (exact) mass is 539 g/mol. The molecular weight excluding hydrogens is 510 g/mol. The molecule has 2 aromatic rings. The predicted molar refractivity (Wildman–Crippen MR) is 139 cm³/mol. The van der Waals surface area contributed by atoms with Crippen LogP contribution in [-0.4, -0.2) is 60.0 Å². The maximum absolute atomic E-state index is 13.1. The first-order valence-electron chi connectivity index (χ1n) is 11.1. The smallest absolute Gasteiger partial charge is 0.269 e. The summed E-state index contributed by atoms with van der Waals surface area (Å²) in [6.07, 6.45) is 0. The number of nitrogens with one attached hydrogen (secondary N) is 2. The number of aryl methyl sites for hydroxylation is 1. The minimum atomic E-state index is -3.93. The number of benzene rings is 1. The van der Waals surface area contributed by atoms with Gasteiger partial charge in [-0.15, -0.1) is 20.1 Å². The molecule has 0 spiro atoms. The van der Waals surface area contributed by atoms with Gasteiger partial charge in [0.1, 0.15) is 4.90 Å². The van der Waals surface area contributed by atoms with E-state index < -0.39 is 26.9 Å². The van der Waals surface area contributed by atoms with E-state index in [2.05, 4.69) is 40.2 Å². The number of anilines is 1. The van der Waals surface area contributed by atoms with Crippen molar-refractivity contribution in [1.82, 2.24) is 9.62 Å². The molecule has 1 aromatic heterocycles. The average molecular weight is 540 g/mol. The fourth-order valence-corrected chi connectivity index (χ4v) is 7.10. The lowest BCUT2D eigenvalue weighted by atomic mass is 9.85. The molecule has 2 aliphatic rings. The van der Waals surface area contributed by atoms with Crippen LogP contribution in [0.25, 0.3) is 0 Å². The van der Waals surface area contributed by atoms with Gasteiger partial charge in [0.2, 0.25) is 10.0 Å². The molecule has 0 saturated carbocycles. The first-order chi connectivity index (χ1) is 16.5. The van der Waals surface area contributed by atoms with E-state index >= 15 is 0 Å². The summed E-state index contributed by atoms with van der Waals surface area (Å²) >= 11 is -0.193. The summed E-state index contributed by atoms with van der Waals surface area (Å²) in [4.78, 5) is 2.04. The number of aromatic hydroxyl groups is 1. The van der Waals surface area contributed by atoms with Gasteiger partial charge in [0, 0.05) is 22.8 Å². The Morgan fingerprint density at radius 1 is 1.14 bits per heavy atom. The molecule has 0 aliphatic carbocycles. The number of thiophene rings is 1. The van der Waals surface area contributed by atoms with Crippen molar-refractivity contribution in [2.24, 2.45) is 14.2 Å². The molecule has 2 atom stereocenters. The highest BCUT2D eigenvalue weighted by molar-refractivity contribution is 7.89. The zero-order chi connectivity index (χ0) is 25.4. The van der Waals surface area contributed by atoms with Crippen LogP contribution in [0.15, 0.2) is 44.0 Å². The van der Waals surface area contributed by atoms with Crippen molar-refractivity contribution in [2.45, 2.75) is 38.6 Å². The van der Waals surface area contributed by atoms with Crippen LogP contribution >= 0.6 is 11.3 Å². The Kier molecular flexibility index (Phi) is 7.34. The molecule has 35 heavy (non-hydrogen) atoms. The van der Waals surface area contributed by atoms with Crippen LogP contribution in [0.3, 0.4) is 0 Å². The van der Waals surface area contributed by atoms with E-state index in [4.69, 9.17) is 4.74 Å². The molecule has 3 heterocycles. The quantitative estimate of drug-likeness (QED) is 0.498. The largest absolute Gasteiger partial charge is 0.504 e. The van der Waals surface area contributed by atoms with E-state index in [0.717, 1.165) is 4.88 Å². The summed E-state index contributed by atoms with van der Waals surface area (Å²) in [5, 5.41) is 17.2. The lowest BCUT2D eigenvalue weighted by molar-refractivity contribution is 0.0729. The number of phenols is 1. The van der Waals surface area contributed by atoms with Gasteiger partial charge in [0.25, 0.3) is 11.2 Å². The van der Waals surface area contributed by atoms with Crippen molar-refractivity contribution in [1.29, 1.82) is 0 Å². The molecule has 0 amide bonds. The number of amidine groups is 2. The Morgan fingerprint density at radius 2 is 1.83 bits per heavy atom. The Morgan fingerprint density at radius 3 is 2.46 bits per heavy atom. The van der Waals surface area contributed by atoms with E-state index in [0.29, 0.717) is 13.2 Å². The summed E-state index contributed by atoms with van der Waals surface area (Å²) in [6.45, 7) is 9.30. The number of hydrogen-bond donors (Lipinski definition) is 3. The topological polar surface area (TPSA) is 133 Å². The van der Waals surface area contributed by atoms with E-state index in [1.165, 1.54) is 27.4 Å². The number of rotatable bonds is 5. The third kappa shape index (κ3) is 5.59. The van der Waals surface area contributed by atoms with Gasteiger partial charge in [-0.25, -0.2) is 12.6 Å². The highest BCUT2D eigenvalue weighted by atomic mass is 32.2. The van der Waals surface area contributed by atoms with Gasteiger partial charge in [-0.3, -0.25) is 0 Å². The Labute approximate surface area is 211 Å². The van der Waals surface area contributed by atoms with Crippen LogP contribution in [0.1, 0.15) is 36.6 Å². The number of morpholine rings is 1. The molecule has 3 N–H and O–H groups in total. The third-order valence-electron chi connectivity index (χ3n) is 5.60. The van der Waals surface area contributed by atoms with Gasteiger partial charge in [0.05, 0.1) is 24.9 Å². The van der Waals surface area contributed by atoms with Crippen molar-refractivity contribution in [3.8, 4) is 5.75 Å². The molecule has 10 nitrogen and oxygen atoms in total. The molecule has 1 fully saturated rings. The summed E-state index contributed by atoms with van der Waals surface area (Å²) in [5.41, 5.74) is -0.0886. The fraction of sp³-hybridized carbons (Fsp3) is 0.455. The second kappa shape index (κ2) is 9.97. The first kappa shape index (κ1) is 25.8. The van der Waals surface area contributed by atoms with Gasteiger partial charge < -0.3 is 20.5 Å². The SMILES string of the molecule is Cc1ccc([C@H](NC2=NS(=O)N=C2Nc2cccc(S(=O)(=O)N3CCOCC3)c2O)C(C)(C)C)s1. The minimum Gasteiger partial charge on any atom is -0.504 e.